The van der Waals surface area contributed by atoms with E-state index in [9.17, 15) is 12.9 Å². The molecule has 1 rings (SSSR count). The van der Waals surface area contributed by atoms with Crippen LogP contribution < -0.4 is 14.9 Å². The summed E-state index contributed by atoms with van der Waals surface area (Å²) in [5.74, 6) is 0.220. The molecule has 0 saturated carbocycles. The molecule has 0 fully saturated rings. The Morgan fingerprint density at radius 3 is 2.07 bits per heavy atom. The molecule has 15 heavy (non-hydrogen) atoms. The van der Waals surface area contributed by atoms with Gasteiger partial charge in [-0.25, -0.2) is 0 Å². The van der Waals surface area contributed by atoms with Gasteiger partial charge < -0.3 is 22.4 Å². The van der Waals surface area contributed by atoms with Crippen molar-refractivity contribution in [3.63, 3.8) is 0 Å². The number of benzene rings is 1. The van der Waals surface area contributed by atoms with Crippen molar-refractivity contribution in [2.75, 3.05) is 14.2 Å². The molecule has 0 aliphatic carbocycles. The second-order valence-corrected chi connectivity index (χ2v) is 3.09. The van der Waals surface area contributed by atoms with Gasteiger partial charge in [0.05, 0.1) is 20.0 Å². The minimum Gasteiger partial charge on any atom is -0.499 e. The summed E-state index contributed by atoms with van der Waals surface area (Å²) >= 11 is 0. The van der Waals surface area contributed by atoms with Gasteiger partial charge in [0.1, 0.15) is 5.75 Å². The Balaban J connectivity index is 3.38. The molecule has 0 aliphatic rings. The van der Waals surface area contributed by atoms with Crippen LogP contribution in [-0.4, -0.2) is 21.2 Å². The molecule has 0 aliphatic heterocycles. The molecule has 0 aromatic heterocycles. The molecule has 0 radical (unpaired) electrons. The van der Waals surface area contributed by atoms with E-state index in [-0.39, 0.29) is 5.75 Å². The predicted octanol–water partition coefficient (Wildman–Crippen LogP) is 2.07. The lowest BCUT2D eigenvalue weighted by Crippen LogP contribution is -2.35. The fraction of sp³-hybridized carbons (Fsp3) is 0.333. The van der Waals surface area contributed by atoms with Crippen LogP contribution in [0.1, 0.15) is 5.56 Å². The van der Waals surface area contributed by atoms with Gasteiger partial charge in [-0.15, -0.1) is 0 Å². The maximum absolute atomic E-state index is 12.6. The maximum Gasteiger partial charge on any atom is 0.513 e. The first-order valence-corrected chi connectivity index (χ1v) is 4.33. The lowest BCUT2D eigenvalue weighted by Gasteiger charge is -2.21. The van der Waals surface area contributed by atoms with Gasteiger partial charge in [-0.1, -0.05) is 11.5 Å². The van der Waals surface area contributed by atoms with Gasteiger partial charge in [0.25, 0.3) is 0 Å². The summed E-state index contributed by atoms with van der Waals surface area (Å²) in [6, 6.07) is 2.27. The van der Waals surface area contributed by atoms with Crippen molar-refractivity contribution < 1.29 is 22.4 Å². The van der Waals surface area contributed by atoms with Gasteiger partial charge in [-0.05, 0) is 13.0 Å². The van der Waals surface area contributed by atoms with Gasteiger partial charge in [-0.2, -0.15) is 0 Å². The first-order valence-electron chi connectivity index (χ1n) is 4.33. The van der Waals surface area contributed by atoms with Crippen LogP contribution in [0, 0.1) is 6.92 Å². The molecule has 0 N–H and O–H groups in total. The van der Waals surface area contributed by atoms with Crippen molar-refractivity contribution >= 4 is 12.4 Å². The van der Waals surface area contributed by atoms with E-state index < -0.39 is 12.4 Å². The third-order valence-electron chi connectivity index (χ3n) is 2.16. The van der Waals surface area contributed by atoms with Crippen LogP contribution in [0.5, 0.6) is 11.5 Å². The van der Waals surface area contributed by atoms with Crippen LogP contribution in [0.3, 0.4) is 0 Å². The summed E-state index contributed by atoms with van der Waals surface area (Å²) in [6.07, 6.45) is 0. The molecule has 0 spiro atoms. The monoisotopic (exact) mass is 219 g/mol. The Morgan fingerprint density at radius 1 is 1.07 bits per heavy atom. The number of methoxy groups -OCH3 is 2. The highest BCUT2D eigenvalue weighted by atomic mass is 19.4. The molecule has 0 amide bonds. The number of hydrogen-bond donors (Lipinski definition) is 0. The number of hydrogen-bond acceptors (Lipinski definition) is 2. The molecule has 1 aromatic rings. The van der Waals surface area contributed by atoms with E-state index in [2.05, 4.69) is 0 Å². The van der Waals surface area contributed by atoms with Crippen molar-refractivity contribution in [2.24, 2.45) is 0 Å². The average Bonchev–Trinajstić information content (AvgIpc) is 2.15. The van der Waals surface area contributed by atoms with Gasteiger partial charge in [0.2, 0.25) is 0 Å². The topological polar surface area (TPSA) is 18.5 Å². The van der Waals surface area contributed by atoms with E-state index in [1.165, 1.54) is 27.2 Å². The SMILES string of the molecule is COc1ccc([B-](F)(F)F)c(OC)c1C. The van der Waals surface area contributed by atoms with Gasteiger partial charge >= 0.3 is 6.98 Å². The normalized spacial score (nSPS) is 11.3. The molecule has 1 aromatic carbocycles. The highest BCUT2D eigenvalue weighted by Gasteiger charge is 2.30. The summed E-state index contributed by atoms with van der Waals surface area (Å²) in [6.45, 7) is -3.53. The number of rotatable bonds is 3. The largest absolute Gasteiger partial charge is 0.513 e. The van der Waals surface area contributed by atoms with Crippen molar-refractivity contribution in [1.82, 2.24) is 0 Å². The smallest absolute Gasteiger partial charge is 0.499 e. The van der Waals surface area contributed by atoms with Crippen molar-refractivity contribution in [3.05, 3.63) is 17.7 Å². The van der Waals surface area contributed by atoms with Crippen molar-refractivity contribution in [3.8, 4) is 11.5 Å². The van der Waals surface area contributed by atoms with E-state index >= 15 is 0 Å². The van der Waals surface area contributed by atoms with Crippen molar-refractivity contribution in [1.29, 1.82) is 0 Å². The van der Waals surface area contributed by atoms with Crippen LogP contribution in [-0.2, 0) is 0 Å². The Bertz CT molecular complexity index is 363. The lowest BCUT2D eigenvalue weighted by atomic mass is 9.78. The van der Waals surface area contributed by atoms with Crippen LogP contribution >= 0.6 is 0 Å². The molecular formula is C9H11BF3O2-. The maximum atomic E-state index is 12.6. The zero-order chi connectivity index (χ0) is 11.6. The lowest BCUT2D eigenvalue weighted by molar-refractivity contribution is 0.388. The third kappa shape index (κ3) is 2.19. The fourth-order valence-electron chi connectivity index (χ4n) is 1.44. The average molecular weight is 219 g/mol. The van der Waals surface area contributed by atoms with Crippen LogP contribution in [0.25, 0.3) is 0 Å². The number of ether oxygens (including phenoxy) is 2. The first-order chi connectivity index (χ1) is 6.91. The van der Waals surface area contributed by atoms with E-state index in [0.717, 1.165) is 6.07 Å². The molecule has 84 valence electrons. The fourth-order valence-corrected chi connectivity index (χ4v) is 1.44. The summed E-state index contributed by atoms with van der Waals surface area (Å²) in [5, 5.41) is 0. The van der Waals surface area contributed by atoms with Crippen LogP contribution in [0.15, 0.2) is 12.1 Å². The molecule has 0 atom stereocenters. The molecule has 0 heterocycles. The Morgan fingerprint density at radius 2 is 1.67 bits per heavy atom. The first kappa shape index (κ1) is 11.7. The molecule has 2 nitrogen and oxygen atoms in total. The van der Waals surface area contributed by atoms with E-state index in [1.807, 2.05) is 0 Å². The molecule has 0 bridgehead atoms. The minimum atomic E-state index is -5.06. The third-order valence-corrected chi connectivity index (χ3v) is 2.16. The van der Waals surface area contributed by atoms with E-state index in [1.54, 1.807) is 0 Å². The van der Waals surface area contributed by atoms with Crippen molar-refractivity contribution in [2.45, 2.75) is 6.92 Å². The highest BCUT2D eigenvalue weighted by Crippen LogP contribution is 2.28. The summed E-state index contributed by atoms with van der Waals surface area (Å²) in [7, 11) is 2.62. The second kappa shape index (κ2) is 4.04. The quantitative estimate of drug-likeness (QED) is 0.724. The molecule has 0 unspecified atom stereocenters. The molecular weight excluding hydrogens is 208 g/mol. The predicted molar refractivity (Wildman–Crippen MR) is 53.0 cm³/mol. The Labute approximate surface area is 86.1 Å². The van der Waals surface area contributed by atoms with E-state index in [4.69, 9.17) is 9.47 Å². The summed E-state index contributed by atoms with van der Waals surface area (Å²) < 4.78 is 47.5. The standard InChI is InChI=1S/C9H11BF3O2/c1-6-8(14-2)5-4-7(9(6)15-3)10(11,12)13/h4-5H,1-3H3/q-1. The summed E-state index contributed by atoms with van der Waals surface area (Å²) in [5.41, 5.74) is -0.368. The van der Waals surface area contributed by atoms with Crippen LogP contribution in [0.4, 0.5) is 12.9 Å². The zero-order valence-corrected chi connectivity index (χ0v) is 8.68. The van der Waals surface area contributed by atoms with Crippen LogP contribution in [0.2, 0.25) is 0 Å². The van der Waals surface area contributed by atoms with Gasteiger partial charge in [0.15, 0.2) is 0 Å². The van der Waals surface area contributed by atoms with E-state index in [0.29, 0.717) is 11.3 Å². The van der Waals surface area contributed by atoms with Gasteiger partial charge in [0, 0.05) is 5.56 Å². The van der Waals surface area contributed by atoms with Gasteiger partial charge in [-0.3, -0.25) is 0 Å². The molecule has 0 saturated heterocycles. The Hall–Kier alpha value is -1.33. The second-order valence-electron chi connectivity index (χ2n) is 3.09. The number of halogens is 3. The summed E-state index contributed by atoms with van der Waals surface area (Å²) in [4.78, 5) is 0. The zero-order valence-electron chi connectivity index (χ0n) is 8.68. The molecule has 6 heteroatoms. The Kier molecular flexibility index (Phi) is 3.17. The highest BCUT2D eigenvalue weighted by molar-refractivity contribution is 6.74. The minimum absolute atomic E-state index is 0.165.